The van der Waals surface area contributed by atoms with Gasteiger partial charge in [-0.1, -0.05) is 32.0 Å². The fraction of sp³-hybridized carbons (Fsp3) is 0.571. The normalized spacial score (nSPS) is 15.6. The van der Waals surface area contributed by atoms with Crippen molar-refractivity contribution in [1.29, 1.82) is 0 Å². The Hall–Kier alpha value is -0.780. The predicted octanol–water partition coefficient (Wildman–Crippen LogP) is 3.76. The van der Waals surface area contributed by atoms with Gasteiger partial charge in [0.2, 0.25) is 0 Å². The Morgan fingerprint density at radius 2 is 1.79 bits per heavy atom. The minimum absolute atomic E-state index is 0.775. The van der Waals surface area contributed by atoms with Crippen LogP contribution < -0.4 is 0 Å². The first-order valence-corrected chi connectivity index (χ1v) is 5.86. The standard InChI is InChI=1S/C14H20/c1-11(2)9-12-7-8-13-5-3-4-6-14(13)10-12/h7-8,10-11H,3-6,9H2,1-2H3. The summed E-state index contributed by atoms with van der Waals surface area (Å²) in [5, 5.41) is 0. The molecule has 2 rings (SSSR count). The highest BCUT2D eigenvalue weighted by molar-refractivity contribution is 5.33. The molecule has 0 N–H and O–H groups in total. The number of hydrogen-bond donors (Lipinski definition) is 0. The molecule has 0 nitrogen and oxygen atoms in total. The van der Waals surface area contributed by atoms with Gasteiger partial charge < -0.3 is 0 Å². The van der Waals surface area contributed by atoms with Crippen molar-refractivity contribution in [1.82, 2.24) is 0 Å². The zero-order chi connectivity index (χ0) is 9.97. The first-order chi connectivity index (χ1) is 6.75. The van der Waals surface area contributed by atoms with Gasteiger partial charge in [0.05, 0.1) is 0 Å². The van der Waals surface area contributed by atoms with Crippen molar-refractivity contribution in [2.75, 3.05) is 0 Å². The maximum Gasteiger partial charge on any atom is -0.0256 e. The van der Waals surface area contributed by atoms with Crippen molar-refractivity contribution in [2.24, 2.45) is 5.92 Å². The van der Waals surface area contributed by atoms with Gasteiger partial charge in [0.15, 0.2) is 0 Å². The molecule has 0 fully saturated rings. The van der Waals surface area contributed by atoms with Crippen LogP contribution in [0.1, 0.15) is 43.4 Å². The molecule has 0 spiro atoms. The van der Waals surface area contributed by atoms with Gasteiger partial charge in [0.1, 0.15) is 0 Å². The molecule has 0 aliphatic heterocycles. The lowest BCUT2D eigenvalue weighted by Crippen LogP contribution is -2.04. The second-order valence-corrected chi connectivity index (χ2v) is 4.91. The molecule has 1 aliphatic rings. The van der Waals surface area contributed by atoms with Gasteiger partial charge in [-0.15, -0.1) is 0 Å². The first-order valence-electron chi connectivity index (χ1n) is 5.86. The van der Waals surface area contributed by atoms with Gasteiger partial charge in [-0.05, 0) is 54.7 Å². The van der Waals surface area contributed by atoms with Crippen LogP contribution in [0.15, 0.2) is 18.2 Å². The molecule has 14 heavy (non-hydrogen) atoms. The van der Waals surface area contributed by atoms with Crippen LogP contribution >= 0.6 is 0 Å². The average Bonchev–Trinajstić information content (AvgIpc) is 2.17. The monoisotopic (exact) mass is 188 g/mol. The SMILES string of the molecule is CC(C)Cc1ccc2c(c1)CCCC2. The summed E-state index contributed by atoms with van der Waals surface area (Å²) in [7, 11) is 0. The Morgan fingerprint density at radius 3 is 2.50 bits per heavy atom. The van der Waals surface area contributed by atoms with E-state index in [4.69, 9.17) is 0 Å². The van der Waals surface area contributed by atoms with Gasteiger partial charge >= 0.3 is 0 Å². The van der Waals surface area contributed by atoms with Gasteiger partial charge in [-0.2, -0.15) is 0 Å². The lowest BCUT2D eigenvalue weighted by atomic mass is 9.89. The smallest absolute Gasteiger partial charge is 0.0256 e. The number of fused-ring (bicyclic) bond motifs is 1. The Labute approximate surface area is 87.3 Å². The van der Waals surface area contributed by atoms with Gasteiger partial charge in [-0.25, -0.2) is 0 Å². The highest BCUT2D eigenvalue weighted by atomic mass is 14.1. The van der Waals surface area contributed by atoms with Gasteiger partial charge in [-0.3, -0.25) is 0 Å². The number of benzene rings is 1. The van der Waals surface area contributed by atoms with Crippen LogP contribution in [-0.2, 0) is 19.3 Å². The highest BCUT2D eigenvalue weighted by Gasteiger charge is 2.09. The van der Waals surface area contributed by atoms with Crippen LogP contribution in [0.25, 0.3) is 0 Å². The zero-order valence-corrected chi connectivity index (χ0v) is 9.34. The van der Waals surface area contributed by atoms with E-state index in [-0.39, 0.29) is 0 Å². The summed E-state index contributed by atoms with van der Waals surface area (Å²) in [6.07, 6.45) is 6.61. The fourth-order valence-corrected chi connectivity index (χ4v) is 2.39. The summed E-state index contributed by atoms with van der Waals surface area (Å²) in [4.78, 5) is 0. The molecular formula is C14H20. The second kappa shape index (κ2) is 4.16. The van der Waals surface area contributed by atoms with Crippen LogP contribution in [0.5, 0.6) is 0 Å². The fourth-order valence-electron chi connectivity index (χ4n) is 2.39. The van der Waals surface area contributed by atoms with Crippen molar-refractivity contribution in [3.8, 4) is 0 Å². The first kappa shape index (κ1) is 9.76. The molecule has 0 radical (unpaired) electrons. The third-order valence-corrected chi connectivity index (χ3v) is 3.06. The summed E-state index contributed by atoms with van der Waals surface area (Å²) < 4.78 is 0. The predicted molar refractivity (Wildman–Crippen MR) is 61.6 cm³/mol. The molecule has 1 aromatic carbocycles. The molecule has 0 aromatic heterocycles. The van der Waals surface area contributed by atoms with Gasteiger partial charge in [0, 0.05) is 0 Å². The highest BCUT2D eigenvalue weighted by Crippen LogP contribution is 2.23. The summed E-state index contributed by atoms with van der Waals surface area (Å²) >= 11 is 0. The molecule has 0 atom stereocenters. The van der Waals surface area contributed by atoms with E-state index < -0.39 is 0 Å². The van der Waals surface area contributed by atoms with E-state index in [0.717, 1.165) is 5.92 Å². The van der Waals surface area contributed by atoms with Crippen LogP contribution in [0.2, 0.25) is 0 Å². The van der Waals surface area contributed by atoms with Crippen LogP contribution in [-0.4, -0.2) is 0 Å². The molecule has 0 saturated heterocycles. The summed E-state index contributed by atoms with van der Waals surface area (Å²) in [6, 6.07) is 7.12. The third-order valence-electron chi connectivity index (χ3n) is 3.06. The molecule has 0 heterocycles. The molecule has 0 bridgehead atoms. The van der Waals surface area contributed by atoms with Crippen molar-refractivity contribution >= 4 is 0 Å². The van der Waals surface area contributed by atoms with Crippen molar-refractivity contribution < 1.29 is 0 Å². The lowest BCUT2D eigenvalue weighted by molar-refractivity contribution is 0.641. The number of hydrogen-bond acceptors (Lipinski definition) is 0. The quantitative estimate of drug-likeness (QED) is 0.663. The van der Waals surface area contributed by atoms with Crippen molar-refractivity contribution in [2.45, 2.75) is 46.0 Å². The van der Waals surface area contributed by atoms with E-state index in [1.54, 1.807) is 11.1 Å². The van der Waals surface area contributed by atoms with Gasteiger partial charge in [0.25, 0.3) is 0 Å². The topological polar surface area (TPSA) is 0 Å². The molecular weight excluding hydrogens is 168 g/mol. The summed E-state index contributed by atoms with van der Waals surface area (Å²) in [6.45, 7) is 4.58. The number of aryl methyl sites for hydroxylation is 2. The molecule has 76 valence electrons. The molecule has 0 amide bonds. The van der Waals surface area contributed by atoms with E-state index in [0.29, 0.717) is 0 Å². The minimum Gasteiger partial charge on any atom is -0.0625 e. The van der Waals surface area contributed by atoms with Crippen molar-refractivity contribution in [3.63, 3.8) is 0 Å². The number of rotatable bonds is 2. The van der Waals surface area contributed by atoms with Crippen LogP contribution in [0.3, 0.4) is 0 Å². The maximum absolute atomic E-state index is 2.44. The summed E-state index contributed by atoms with van der Waals surface area (Å²) in [5.74, 6) is 0.775. The maximum atomic E-state index is 2.44. The van der Waals surface area contributed by atoms with E-state index in [1.165, 1.54) is 37.7 Å². The zero-order valence-electron chi connectivity index (χ0n) is 9.34. The Balaban J connectivity index is 2.20. The average molecular weight is 188 g/mol. The third kappa shape index (κ3) is 2.17. The van der Waals surface area contributed by atoms with Crippen LogP contribution in [0.4, 0.5) is 0 Å². The molecule has 1 aliphatic carbocycles. The molecule has 0 saturated carbocycles. The van der Waals surface area contributed by atoms with Crippen molar-refractivity contribution in [3.05, 3.63) is 34.9 Å². The Morgan fingerprint density at radius 1 is 1.07 bits per heavy atom. The molecule has 0 unspecified atom stereocenters. The molecule has 0 heteroatoms. The Bertz CT molecular complexity index is 310. The lowest BCUT2D eigenvalue weighted by Gasteiger charge is -2.17. The molecule has 1 aromatic rings. The van der Waals surface area contributed by atoms with E-state index >= 15 is 0 Å². The second-order valence-electron chi connectivity index (χ2n) is 4.91. The minimum atomic E-state index is 0.775. The largest absolute Gasteiger partial charge is 0.0625 e. The van der Waals surface area contributed by atoms with E-state index in [1.807, 2.05) is 0 Å². The van der Waals surface area contributed by atoms with E-state index in [9.17, 15) is 0 Å². The Kier molecular flexibility index (Phi) is 2.90. The van der Waals surface area contributed by atoms with Crippen LogP contribution in [0, 0.1) is 5.92 Å². The van der Waals surface area contributed by atoms with E-state index in [2.05, 4.69) is 32.0 Å². The summed E-state index contributed by atoms with van der Waals surface area (Å²) in [5.41, 5.74) is 4.75.